The van der Waals surface area contributed by atoms with Crippen molar-refractivity contribution in [2.45, 2.75) is 13.0 Å². The summed E-state index contributed by atoms with van der Waals surface area (Å²) in [6, 6.07) is 17.4. The monoisotopic (exact) mass is 381 g/mol. The van der Waals surface area contributed by atoms with Gasteiger partial charge >= 0.3 is 0 Å². The molecule has 26 heavy (non-hydrogen) atoms. The summed E-state index contributed by atoms with van der Waals surface area (Å²) in [5.74, 6) is 0.718. The summed E-state index contributed by atoms with van der Waals surface area (Å²) in [5, 5.41) is 0. The fourth-order valence-corrected chi connectivity index (χ4v) is 4.08. The maximum Gasteiger partial charge on any atom is 0.266 e. The van der Waals surface area contributed by atoms with E-state index in [-0.39, 0.29) is 11.9 Å². The van der Waals surface area contributed by atoms with E-state index in [4.69, 9.17) is 17.0 Å². The maximum atomic E-state index is 12.9. The molecule has 0 N–H and O–H groups in total. The SMILES string of the molecule is C=CCOc1ccc(/C=C2/SC(=S)N(C(C)c3ccccc3)C2=O)cc1. The lowest BCUT2D eigenvalue weighted by Gasteiger charge is -2.23. The van der Waals surface area contributed by atoms with Gasteiger partial charge in [0.1, 0.15) is 16.7 Å². The molecule has 0 radical (unpaired) electrons. The molecular formula is C21H19NO2S2. The number of rotatable bonds is 6. The third-order valence-corrected chi connectivity index (χ3v) is 5.37. The van der Waals surface area contributed by atoms with Crippen LogP contribution in [0, 0.1) is 0 Å². The number of carbonyl (C=O) groups is 1. The van der Waals surface area contributed by atoms with Gasteiger partial charge in [0.15, 0.2) is 0 Å². The predicted octanol–water partition coefficient (Wildman–Crippen LogP) is 5.21. The van der Waals surface area contributed by atoms with E-state index < -0.39 is 0 Å². The first kappa shape index (κ1) is 18.4. The number of hydrogen-bond donors (Lipinski definition) is 0. The van der Waals surface area contributed by atoms with Gasteiger partial charge in [0, 0.05) is 0 Å². The van der Waals surface area contributed by atoms with Gasteiger partial charge in [0.05, 0.1) is 10.9 Å². The second-order valence-corrected chi connectivity index (χ2v) is 7.48. The number of thioether (sulfide) groups is 1. The van der Waals surface area contributed by atoms with Gasteiger partial charge in [-0.15, -0.1) is 0 Å². The summed E-state index contributed by atoms with van der Waals surface area (Å²) in [6.45, 7) is 6.09. The van der Waals surface area contributed by atoms with Crippen LogP contribution in [0.4, 0.5) is 0 Å². The lowest BCUT2D eigenvalue weighted by atomic mass is 10.1. The molecule has 1 aliphatic heterocycles. The second-order valence-electron chi connectivity index (χ2n) is 5.81. The average Bonchev–Trinajstić information content (AvgIpc) is 2.94. The van der Waals surface area contributed by atoms with Gasteiger partial charge in [-0.25, -0.2) is 0 Å². The fraction of sp³-hybridized carbons (Fsp3) is 0.143. The van der Waals surface area contributed by atoms with Crippen molar-refractivity contribution in [2.75, 3.05) is 6.61 Å². The molecule has 1 amide bonds. The largest absolute Gasteiger partial charge is 0.490 e. The van der Waals surface area contributed by atoms with E-state index in [2.05, 4.69) is 6.58 Å². The molecule has 1 heterocycles. The summed E-state index contributed by atoms with van der Waals surface area (Å²) in [5.41, 5.74) is 2.00. The molecule has 1 aliphatic rings. The van der Waals surface area contributed by atoms with Crippen molar-refractivity contribution in [3.63, 3.8) is 0 Å². The second kappa shape index (κ2) is 8.34. The molecule has 0 aliphatic carbocycles. The highest BCUT2D eigenvalue weighted by Crippen LogP contribution is 2.38. The van der Waals surface area contributed by atoms with Crippen molar-refractivity contribution in [1.29, 1.82) is 0 Å². The minimum atomic E-state index is -0.0933. The lowest BCUT2D eigenvalue weighted by Crippen LogP contribution is -2.30. The molecule has 0 saturated carbocycles. The predicted molar refractivity (Wildman–Crippen MR) is 112 cm³/mol. The number of carbonyl (C=O) groups excluding carboxylic acids is 1. The van der Waals surface area contributed by atoms with E-state index in [1.165, 1.54) is 11.8 Å². The van der Waals surface area contributed by atoms with Crippen LogP contribution < -0.4 is 4.74 Å². The highest BCUT2D eigenvalue weighted by atomic mass is 32.2. The van der Waals surface area contributed by atoms with Gasteiger partial charge < -0.3 is 4.74 Å². The Morgan fingerprint density at radius 2 is 1.88 bits per heavy atom. The Balaban J connectivity index is 1.77. The van der Waals surface area contributed by atoms with Crippen LogP contribution in [-0.4, -0.2) is 21.7 Å². The zero-order valence-electron chi connectivity index (χ0n) is 14.4. The zero-order chi connectivity index (χ0) is 18.5. The molecule has 1 atom stereocenters. The molecule has 1 saturated heterocycles. The van der Waals surface area contributed by atoms with E-state index in [0.717, 1.165) is 16.9 Å². The summed E-state index contributed by atoms with van der Waals surface area (Å²) >= 11 is 6.80. The minimum absolute atomic E-state index is 0.0525. The first-order valence-electron chi connectivity index (χ1n) is 8.26. The Labute approximate surface area is 163 Å². The highest BCUT2D eigenvalue weighted by Gasteiger charge is 2.35. The van der Waals surface area contributed by atoms with Crippen molar-refractivity contribution in [1.82, 2.24) is 4.90 Å². The molecule has 3 nitrogen and oxygen atoms in total. The van der Waals surface area contributed by atoms with Gasteiger partial charge in [-0.2, -0.15) is 0 Å². The Morgan fingerprint density at radius 1 is 1.19 bits per heavy atom. The van der Waals surface area contributed by atoms with Crippen molar-refractivity contribution in [3.05, 3.63) is 83.3 Å². The van der Waals surface area contributed by atoms with Crippen molar-refractivity contribution < 1.29 is 9.53 Å². The normalized spacial score (nSPS) is 16.8. The van der Waals surface area contributed by atoms with E-state index in [0.29, 0.717) is 15.8 Å². The van der Waals surface area contributed by atoms with Gasteiger partial charge in [-0.05, 0) is 36.3 Å². The molecule has 132 valence electrons. The molecular weight excluding hydrogens is 362 g/mol. The van der Waals surface area contributed by atoms with E-state index in [1.807, 2.05) is 67.6 Å². The summed E-state index contributed by atoms with van der Waals surface area (Å²) in [7, 11) is 0. The van der Waals surface area contributed by atoms with Crippen LogP contribution >= 0.6 is 24.0 Å². The Kier molecular flexibility index (Phi) is 5.91. The first-order chi connectivity index (χ1) is 12.6. The van der Waals surface area contributed by atoms with Crippen LogP contribution in [0.5, 0.6) is 5.75 Å². The molecule has 1 unspecified atom stereocenters. The summed E-state index contributed by atoms with van der Waals surface area (Å²) < 4.78 is 6.06. The number of ether oxygens (including phenoxy) is 1. The molecule has 2 aromatic rings. The number of nitrogens with zero attached hydrogens (tertiary/aromatic N) is 1. The Hall–Kier alpha value is -2.37. The van der Waals surface area contributed by atoms with Crippen LogP contribution in [0.1, 0.15) is 24.1 Å². The third kappa shape index (κ3) is 4.06. The van der Waals surface area contributed by atoms with Gasteiger partial charge in [0.2, 0.25) is 0 Å². The average molecular weight is 382 g/mol. The van der Waals surface area contributed by atoms with Crippen LogP contribution in [0.25, 0.3) is 6.08 Å². The molecule has 0 bridgehead atoms. The third-order valence-electron chi connectivity index (χ3n) is 4.04. The zero-order valence-corrected chi connectivity index (χ0v) is 16.1. The highest BCUT2D eigenvalue weighted by molar-refractivity contribution is 8.26. The van der Waals surface area contributed by atoms with Gasteiger partial charge in [-0.1, -0.05) is 79.1 Å². The Morgan fingerprint density at radius 3 is 2.54 bits per heavy atom. The van der Waals surface area contributed by atoms with Gasteiger partial charge in [-0.3, -0.25) is 9.69 Å². The van der Waals surface area contributed by atoms with Crippen LogP contribution in [-0.2, 0) is 4.79 Å². The quantitative estimate of drug-likeness (QED) is 0.390. The summed E-state index contributed by atoms with van der Waals surface area (Å²) in [6.07, 6.45) is 3.57. The molecule has 0 aromatic heterocycles. The van der Waals surface area contributed by atoms with Crippen LogP contribution in [0.15, 0.2) is 72.2 Å². The van der Waals surface area contributed by atoms with Crippen molar-refractivity contribution >= 4 is 40.3 Å². The molecule has 1 fully saturated rings. The number of thiocarbonyl (C=S) groups is 1. The number of amides is 1. The smallest absolute Gasteiger partial charge is 0.266 e. The minimum Gasteiger partial charge on any atom is -0.490 e. The topological polar surface area (TPSA) is 29.5 Å². The lowest BCUT2D eigenvalue weighted by molar-refractivity contribution is -0.123. The standard InChI is InChI=1S/C21H19NO2S2/c1-3-13-24-18-11-9-16(10-12-18)14-19-20(23)22(21(25)26-19)15(2)17-7-5-4-6-8-17/h3-12,14-15H,1,13H2,2H3/b19-14+. The number of benzene rings is 2. The van der Waals surface area contributed by atoms with Gasteiger partial charge in [0.25, 0.3) is 5.91 Å². The first-order valence-corrected chi connectivity index (χ1v) is 9.48. The van der Waals surface area contributed by atoms with E-state index >= 15 is 0 Å². The van der Waals surface area contributed by atoms with Crippen LogP contribution in [0.3, 0.4) is 0 Å². The molecule has 5 heteroatoms. The Bertz CT molecular complexity index is 844. The van der Waals surface area contributed by atoms with E-state index in [9.17, 15) is 4.79 Å². The van der Waals surface area contributed by atoms with Crippen molar-refractivity contribution in [2.24, 2.45) is 0 Å². The number of hydrogen-bond acceptors (Lipinski definition) is 4. The summed E-state index contributed by atoms with van der Waals surface area (Å²) in [4.78, 5) is 15.2. The molecule has 0 spiro atoms. The molecule has 3 rings (SSSR count). The van der Waals surface area contributed by atoms with Crippen molar-refractivity contribution in [3.8, 4) is 5.75 Å². The fourth-order valence-electron chi connectivity index (χ4n) is 2.66. The maximum absolute atomic E-state index is 12.9. The molecule has 2 aromatic carbocycles. The van der Waals surface area contributed by atoms with Crippen LogP contribution in [0.2, 0.25) is 0 Å². The van der Waals surface area contributed by atoms with E-state index in [1.54, 1.807) is 11.0 Å².